The second-order valence-corrected chi connectivity index (χ2v) is 6.00. The van der Waals surface area contributed by atoms with Gasteiger partial charge in [0.05, 0.1) is 11.6 Å². The summed E-state index contributed by atoms with van der Waals surface area (Å²) in [5.74, 6) is 0. The zero-order chi connectivity index (χ0) is 11.7. The van der Waals surface area contributed by atoms with Gasteiger partial charge in [0, 0.05) is 26.0 Å². The van der Waals surface area contributed by atoms with E-state index in [1.807, 2.05) is 12.1 Å². The molecule has 0 saturated heterocycles. The van der Waals surface area contributed by atoms with Gasteiger partial charge in [-0.25, -0.2) is 0 Å². The summed E-state index contributed by atoms with van der Waals surface area (Å²) in [6, 6.07) is 10.3. The highest BCUT2D eigenvalue weighted by atomic mass is 35.5. The number of nitrogens with one attached hydrogen (secondary N) is 1. The van der Waals surface area contributed by atoms with Gasteiger partial charge in [-0.3, -0.25) is 0 Å². The SMILES string of the molecule is Clc1c(CNc2ccsc2)sc2ccccc12. The first kappa shape index (κ1) is 11.1. The molecule has 0 aliphatic carbocycles. The Morgan fingerprint density at radius 2 is 2.06 bits per heavy atom. The first-order valence-electron chi connectivity index (χ1n) is 5.26. The van der Waals surface area contributed by atoms with Crippen molar-refractivity contribution in [3.8, 4) is 0 Å². The van der Waals surface area contributed by atoms with Crippen LogP contribution in [0.25, 0.3) is 10.1 Å². The minimum absolute atomic E-state index is 0.787. The Balaban J connectivity index is 1.88. The fraction of sp³-hybridized carbons (Fsp3) is 0.0769. The molecule has 0 atom stereocenters. The third-order valence-corrected chi connectivity index (χ3v) is 4.97. The van der Waals surface area contributed by atoms with Crippen LogP contribution in [-0.4, -0.2) is 0 Å². The van der Waals surface area contributed by atoms with Gasteiger partial charge in [0.1, 0.15) is 0 Å². The molecule has 0 aliphatic heterocycles. The van der Waals surface area contributed by atoms with E-state index in [2.05, 4.69) is 34.3 Å². The predicted octanol–water partition coefficient (Wildman–Crippen LogP) is 5.23. The highest BCUT2D eigenvalue weighted by Gasteiger charge is 2.09. The van der Waals surface area contributed by atoms with E-state index in [4.69, 9.17) is 11.6 Å². The van der Waals surface area contributed by atoms with Gasteiger partial charge in [0.2, 0.25) is 0 Å². The quantitative estimate of drug-likeness (QED) is 0.692. The molecule has 2 aromatic heterocycles. The van der Waals surface area contributed by atoms with E-state index in [1.165, 1.54) is 9.58 Å². The maximum absolute atomic E-state index is 6.37. The lowest BCUT2D eigenvalue weighted by Crippen LogP contribution is -1.95. The Hall–Kier alpha value is -1.03. The molecule has 0 amide bonds. The van der Waals surface area contributed by atoms with Crippen LogP contribution in [0.5, 0.6) is 0 Å². The van der Waals surface area contributed by atoms with Crippen LogP contribution in [0.4, 0.5) is 5.69 Å². The molecule has 4 heteroatoms. The van der Waals surface area contributed by atoms with Crippen molar-refractivity contribution in [3.05, 3.63) is 51.0 Å². The second-order valence-electron chi connectivity index (χ2n) is 3.70. The average Bonchev–Trinajstić information content (AvgIpc) is 2.96. The van der Waals surface area contributed by atoms with E-state index >= 15 is 0 Å². The molecule has 86 valence electrons. The van der Waals surface area contributed by atoms with Gasteiger partial charge in [0.25, 0.3) is 0 Å². The van der Waals surface area contributed by atoms with Crippen molar-refractivity contribution in [1.29, 1.82) is 0 Å². The Morgan fingerprint density at radius 1 is 1.18 bits per heavy atom. The summed E-state index contributed by atoms with van der Waals surface area (Å²) in [6.45, 7) is 0.787. The second kappa shape index (κ2) is 4.69. The molecule has 0 fully saturated rings. The molecular formula is C13H10ClNS2. The first-order chi connectivity index (χ1) is 8.34. The fourth-order valence-electron chi connectivity index (χ4n) is 1.73. The zero-order valence-corrected chi connectivity index (χ0v) is 11.3. The van der Waals surface area contributed by atoms with Crippen LogP contribution >= 0.6 is 34.3 Å². The summed E-state index contributed by atoms with van der Waals surface area (Å²) < 4.78 is 1.25. The molecule has 3 aromatic rings. The van der Waals surface area contributed by atoms with E-state index in [9.17, 15) is 0 Å². The molecular weight excluding hydrogens is 270 g/mol. The van der Waals surface area contributed by atoms with Gasteiger partial charge in [-0.1, -0.05) is 29.8 Å². The highest BCUT2D eigenvalue weighted by Crippen LogP contribution is 2.35. The number of benzene rings is 1. The van der Waals surface area contributed by atoms with E-state index in [1.54, 1.807) is 22.7 Å². The number of thiophene rings is 2. The van der Waals surface area contributed by atoms with Crippen LogP contribution in [-0.2, 0) is 6.54 Å². The standard InChI is InChI=1S/C13H10ClNS2/c14-13-10-3-1-2-4-11(10)17-12(13)7-15-9-5-6-16-8-9/h1-6,8,15H,7H2. The molecule has 3 rings (SSSR count). The predicted molar refractivity (Wildman–Crippen MR) is 78.5 cm³/mol. The summed E-state index contributed by atoms with van der Waals surface area (Å²) in [7, 11) is 0. The van der Waals surface area contributed by atoms with Gasteiger partial charge in [0.15, 0.2) is 0 Å². The number of halogens is 1. The maximum atomic E-state index is 6.37. The van der Waals surface area contributed by atoms with E-state index in [0.717, 1.165) is 22.6 Å². The molecule has 17 heavy (non-hydrogen) atoms. The number of fused-ring (bicyclic) bond motifs is 1. The molecule has 1 N–H and O–H groups in total. The molecule has 0 aliphatic rings. The van der Waals surface area contributed by atoms with Crippen molar-refractivity contribution in [1.82, 2.24) is 0 Å². The van der Waals surface area contributed by atoms with Gasteiger partial charge in [-0.05, 0) is 17.5 Å². The lowest BCUT2D eigenvalue weighted by atomic mass is 10.2. The third kappa shape index (κ3) is 2.18. The highest BCUT2D eigenvalue weighted by molar-refractivity contribution is 7.19. The largest absolute Gasteiger partial charge is 0.379 e. The normalized spacial score (nSPS) is 10.9. The van der Waals surface area contributed by atoms with E-state index in [0.29, 0.717) is 0 Å². The first-order valence-corrected chi connectivity index (χ1v) is 7.40. The molecule has 0 spiro atoms. The minimum atomic E-state index is 0.787. The fourth-order valence-corrected chi connectivity index (χ4v) is 3.78. The van der Waals surface area contributed by atoms with Crippen LogP contribution in [0.3, 0.4) is 0 Å². The summed E-state index contributed by atoms with van der Waals surface area (Å²) in [5.41, 5.74) is 1.16. The van der Waals surface area contributed by atoms with Gasteiger partial charge in [-0.15, -0.1) is 11.3 Å². The zero-order valence-electron chi connectivity index (χ0n) is 8.94. The Morgan fingerprint density at radius 3 is 2.82 bits per heavy atom. The van der Waals surface area contributed by atoms with Gasteiger partial charge >= 0.3 is 0 Å². The molecule has 0 saturated carbocycles. The summed E-state index contributed by atoms with van der Waals surface area (Å²) >= 11 is 9.82. The molecule has 2 heterocycles. The topological polar surface area (TPSA) is 12.0 Å². The number of hydrogen-bond acceptors (Lipinski definition) is 3. The maximum Gasteiger partial charge on any atom is 0.0642 e. The van der Waals surface area contributed by atoms with Crippen molar-refractivity contribution >= 4 is 50.0 Å². The van der Waals surface area contributed by atoms with Crippen LogP contribution < -0.4 is 5.32 Å². The average molecular weight is 280 g/mol. The lowest BCUT2D eigenvalue weighted by molar-refractivity contribution is 1.20. The Bertz CT molecular complexity index is 628. The smallest absolute Gasteiger partial charge is 0.0642 e. The van der Waals surface area contributed by atoms with Crippen molar-refractivity contribution < 1.29 is 0 Å². The molecule has 1 aromatic carbocycles. The van der Waals surface area contributed by atoms with Crippen LogP contribution in [0.15, 0.2) is 41.1 Å². The van der Waals surface area contributed by atoms with Crippen LogP contribution in [0.1, 0.15) is 4.88 Å². The third-order valence-electron chi connectivity index (χ3n) is 2.58. The van der Waals surface area contributed by atoms with E-state index < -0.39 is 0 Å². The molecule has 0 unspecified atom stereocenters. The molecule has 0 bridgehead atoms. The Labute approximate surface area is 113 Å². The molecule has 0 radical (unpaired) electrons. The number of rotatable bonds is 3. The molecule has 1 nitrogen and oxygen atoms in total. The van der Waals surface area contributed by atoms with E-state index in [-0.39, 0.29) is 0 Å². The number of hydrogen-bond donors (Lipinski definition) is 1. The van der Waals surface area contributed by atoms with Gasteiger partial charge < -0.3 is 5.32 Å². The van der Waals surface area contributed by atoms with Crippen molar-refractivity contribution in [3.63, 3.8) is 0 Å². The van der Waals surface area contributed by atoms with Crippen LogP contribution in [0.2, 0.25) is 5.02 Å². The lowest BCUT2D eigenvalue weighted by Gasteiger charge is -2.01. The van der Waals surface area contributed by atoms with Gasteiger partial charge in [-0.2, -0.15) is 11.3 Å². The van der Waals surface area contributed by atoms with Crippen LogP contribution in [0, 0.1) is 0 Å². The van der Waals surface area contributed by atoms with Crippen molar-refractivity contribution in [2.45, 2.75) is 6.54 Å². The Kier molecular flexibility index (Phi) is 3.05. The summed E-state index contributed by atoms with van der Waals surface area (Å²) in [6.07, 6.45) is 0. The monoisotopic (exact) mass is 279 g/mol. The summed E-state index contributed by atoms with van der Waals surface area (Å²) in [4.78, 5) is 1.19. The van der Waals surface area contributed by atoms with Crippen molar-refractivity contribution in [2.75, 3.05) is 5.32 Å². The summed E-state index contributed by atoms with van der Waals surface area (Å²) in [5, 5.41) is 9.58. The number of anilines is 1. The van der Waals surface area contributed by atoms with Crippen molar-refractivity contribution in [2.24, 2.45) is 0 Å². The minimum Gasteiger partial charge on any atom is -0.379 e.